The minimum Gasteiger partial charge on any atom is -0.316 e. The molecule has 0 bridgehead atoms. The van der Waals surface area contributed by atoms with Gasteiger partial charge in [-0.3, -0.25) is 0 Å². The summed E-state index contributed by atoms with van der Waals surface area (Å²) in [6.07, 6.45) is 14.2. The van der Waals surface area contributed by atoms with Crippen LogP contribution < -0.4 is 0 Å². The largest absolute Gasteiger partial charge is 0.316 e. The first-order valence-electron chi connectivity index (χ1n) is 15.5. The summed E-state index contributed by atoms with van der Waals surface area (Å²) in [5.41, 5.74) is 13.3. The molecule has 2 nitrogen and oxygen atoms in total. The third-order valence-electron chi connectivity index (χ3n) is 9.52. The lowest BCUT2D eigenvalue weighted by atomic mass is 9.98. The highest BCUT2D eigenvalue weighted by molar-refractivity contribution is 6.09. The van der Waals surface area contributed by atoms with E-state index in [4.69, 9.17) is 0 Å². The minimum atomic E-state index is 0.524. The number of rotatable bonds is 3. The standard InChI is InChI=1S/C40H36N2/c1-27-11-3-5-15-35-36-16-6-4-12-28(2)40(36)42(39(27)35)32-25-21-30(22-26-32)29-19-23-31(24-20-29)41-37-17-9-7-13-33(37)34-14-8-10-18-38(34)41/h5-10,13-28H,3-4,11-12H2,1-2H3. The van der Waals surface area contributed by atoms with Crippen LogP contribution in [0.15, 0.2) is 109 Å². The maximum Gasteiger partial charge on any atom is 0.0541 e. The van der Waals surface area contributed by atoms with E-state index in [0.717, 1.165) is 12.8 Å². The fourth-order valence-electron chi connectivity index (χ4n) is 7.42. The molecule has 0 saturated heterocycles. The van der Waals surface area contributed by atoms with Crippen molar-refractivity contribution in [3.05, 3.63) is 132 Å². The molecule has 0 fully saturated rings. The normalized spacial score (nSPS) is 18.1. The molecule has 2 heteroatoms. The Hall–Kier alpha value is -4.56. The van der Waals surface area contributed by atoms with Gasteiger partial charge in [0.1, 0.15) is 0 Å². The molecule has 0 N–H and O–H groups in total. The van der Waals surface area contributed by atoms with Gasteiger partial charge in [0.2, 0.25) is 0 Å². The predicted molar refractivity (Wildman–Crippen MR) is 179 cm³/mol. The van der Waals surface area contributed by atoms with E-state index in [2.05, 4.69) is 144 Å². The number of aromatic nitrogens is 2. The zero-order valence-corrected chi connectivity index (χ0v) is 24.4. The summed E-state index contributed by atoms with van der Waals surface area (Å²) >= 11 is 0. The lowest BCUT2D eigenvalue weighted by Gasteiger charge is -2.21. The Kier molecular flexibility index (Phi) is 6.03. The van der Waals surface area contributed by atoms with E-state index >= 15 is 0 Å². The summed E-state index contributed by atoms with van der Waals surface area (Å²) in [6.45, 7) is 4.81. The van der Waals surface area contributed by atoms with Gasteiger partial charge in [-0.2, -0.15) is 0 Å². The third kappa shape index (κ3) is 3.93. The van der Waals surface area contributed by atoms with Crippen molar-refractivity contribution in [1.82, 2.24) is 9.13 Å². The molecule has 0 saturated carbocycles. The summed E-state index contributed by atoms with van der Waals surface area (Å²) in [7, 11) is 0. The van der Waals surface area contributed by atoms with Crippen LogP contribution >= 0.6 is 0 Å². The van der Waals surface area contributed by atoms with Gasteiger partial charge in [0.05, 0.1) is 11.0 Å². The Bertz CT molecular complexity index is 1900. The first-order valence-corrected chi connectivity index (χ1v) is 15.5. The van der Waals surface area contributed by atoms with E-state index in [1.165, 1.54) is 79.7 Å². The lowest BCUT2D eigenvalue weighted by Crippen LogP contribution is -2.10. The molecular formula is C40H36N2. The molecule has 8 rings (SSSR count). The average molecular weight is 545 g/mol. The monoisotopic (exact) mass is 544 g/mol. The van der Waals surface area contributed by atoms with Crippen molar-refractivity contribution in [3.8, 4) is 22.5 Å². The Labute approximate surface area is 248 Å². The van der Waals surface area contributed by atoms with E-state index < -0.39 is 0 Å². The van der Waals surface area contributed by atoms with Crippen LogP contribution in [0, 0.1) is 0 Å². The number of nitrogens with zero attached hydrogens (tertiary/aromatic N) is 2. The maximum absolute atomic E-state index is 2.61. The molecule has 0 aliphatic heterocycles. The molecule has 0 spiro atoms. The Morgan fingerprint density at radius 1 is 0.500 bits per heavy atom. The fourth-order valence-corrected chi connectivity index (χ4v) is 7.42. The lowest BCUT2D eigenvalue weighted by molar-refractivity contribution is 0.621. The van der Waals surface area contributed by atoms with Crippen molar-refractivity contribution in [2.24, 2.45) is 0 Å². The molecule has 0 radical (unpaired) electrons. The van der Waals surface area contributed by atoms with Crippen LogP contribution in [0.3, 0.4) is 0 Å². The Balaban J connectivity index is 1.19. The first-order chi connectivity index (χ1) is 20.7. The van der Waals surface area contributed by atoms with E-state index in [9.17, 15) is 0 Å². The van der Waals surface area contributed by atoms with Gasteiger partial charge in [0, 0.05) is 44.7 Å². The minimum absolute atomic E-state index is 0.524. The molecule has 206 valence electrons. The van der Waals surface area contributed by atoms with Gasteiger partial charge >= 0.3 is 0 Å². The van der Waals surface area contributed by atoms with Gasteiger partial charge in [0.15, 0.2) is 0 Å². The molecule has 6 aromatic rings. The van der Waals surface area contributed by atoms with Crippen LogP contribution in [0.4, 0.5) is 0 Å². The van der Waals surface area contributed by atoms with E-state index in [0.29, 0.717) is 11.8 Å². The van der Waals surface area contributed by atoms with Crippen molar-refractivity contribution in [3.63, 3.8) is 0 Å². The van der Waals surface area contributed by atoms with Crippen molar-refractivity contribution in [2.45, 2.75) is 51.4 Å². The zero-order chi connectivity index (χ0) is 28.2. The molecular weight excluding hydrogens is 508 g/mol. The Morgan fingerprint density at radius 3 is 1.40 bits per heavy atom. The Morgan fingerprint density at radius 2 is 0.929 bits per heavy atom. The number of hydrogen-bond acceptors (Lipinski definition) is 0. The van der Waals surface area contributed by atoms with Gasteiger partial charge in [-0.25, -0.2) is 0 Å². The van der Waals surface area contributed by atoms with E-state index in [1.807, 2.05) is 0 Å². The number of benzene rings is 4. The highest BCUT2D eigenvalue weighted by Gasteiger charge is 2.28. The smallest absolute Gasteiger partial charge is 0.0541 e. The third-order valence-corrected chi connectivity index (χ3v) is 9.52. The van der Waals surface area contributed by atoms with Crippen LogP contribution in [0.5, 0.6) is 0 Å². The van der Waals surface area contributed by atoms with E-state index in [-0.39, 0.29) is 0 Å². The second-order valence-corrected chi connectivity index (χ2v) is 12.2. The van der Waals surface area contributed by atoms with Gasteiger partial charge in [0.25, 0.3) is 0 Å². The molecule has 42 heavy (non-hydrogen) atoms. The summed E-state index contributed by atoms with van der Waals surface area (Å²) in [5.74, 6) is 1.05. The zero-order valence-electron chi connectivity index (χ0n) is 24.4. The summed E-state index contributed by atoms with van der Waals surface area (Å²) < 4.78 is 4.99. The fraction of sp³-hybridized carbons (Fsp3) is 0.200. The van der Waals surface area contributed by atoms with Crippen molar-refractivity contribution in [1.29, 1.82) is 0 Å². The molecule has 2 unspecified atom stereocenters. The van der Waals surface area contributed by atoms with Crippen molar-refractivity contribution >= 4 is 34.0 Å². The van der Waals surface area contributed by atoms with E-state index in [1.54, 1.807) is 0 Å². The molecule has 0 amide bonds. The van der Waals surface area contributed by atoms with Gasteiger partial charge < -0.3 is 9.13 Å². The first kappa shape index (κ1) is 25.2. The van der Waals surface area contributed by atoms with Gasteiger partial charge in [-0.15, -0.1) is 0 Å². The summed E-state index contributed by atoms with van der Waals surface area (Å²) in [5, 5.41) is 2.59. The number of allylic oxidation sites excluding steroid dienone is 2. The summed E-state index contributed by atoms with van der Waals surface area (Å²) in [6, 6.07) is 35.7. The van der Waals surface area contributed by atoms with Gasteiger partial charge in [-0.05, 0) is 85.0 Å². The quantitative estimate of drug-likeness (QED) is 0.210. The molecule has 2 aliphatic rings. The number of para-hydroxylation sites is 2. The maximum atomic E-state index is 2.61. The second kappa shape index (κ2) is 10.1. The molecule has 2 aromatic heterocycles. The van der Waals surface area contributed by atoms with Crippen LogP contribution in [0.1, 0.15) is 73.9 Å². The molecule has 2 aliphatic carbocycles. The molecule has 2 heterocycles. The number of hydrogen-bond donors (Lipinski definition) is 0. The van der Waals surface area contributed by atoms with Crippen LogP contribution in [0.25, 0.3) is 56.5 Å². The SMILES string of the molecule is CC1CCC=Cc2c3c(n(-c4ccc(-c5ccc(-n6c7ccccc7c7ccccc76)cc5)cc4)c21)C(C)CCC=C3. The van der Waals surface area contributed by atoms with Crippen molar-refractivity contribution in [2.75, 3.05) is 0 Å². The topological polar surface area (TPSA) is 9.86 Å². The molecule has 2 atom stereocenters. The summed E-state index contributed by atoms with van der Waals surface area (Å²) in [4.78, 5) is 0. The highest BCUT2D eigenvalue weighted by atomic mass is 15.0. The van der Waals surface area contributed by atoms with Crippen molar-refractivity contribution < 1.29 is 0 Å². The van der Waals surface area contributed by atoms with Crippen LogP contribution in [-0.2, 0) is 0 Å². The highest BCUT2D eigenvalue weighted by Crippen LogP contribution is 2.43. The van der Waals surface area contributed by atoms with Crippen LogP contribution in [-0.4, -0.2) is 9.13 Å². The average Bonchev–Trinajstić information content (AvgIpc) is 3.37. The number of fused-ring (bicyclic) bond motifs is 6. The van der Waals surface area contributed by atoms with Crippen LogP contribution in [0.2, 0.25) is 0 Å². The predicted octanol–water partition coefficient (Wildman–Crippen LogP) is 11.1. The van der Waals surface area contributed by atoms with Gasteiger partial charge in [-0.1, -0.05) is 98.8 Å². The second-order valence-electron chi connectivity index (χ2n) is 12.2. The molecule has 4 aromatic carbocycles.